The van der Waals surface area contributed by atoms with E-state index >= 15 is 0 Å². The molecule has 124 valence electrons. The number of carbonyl (C=O) groups is 2. The van der Waals surface area contributed by atoms with Crippen molar-refractivity contribution in [3.8, 4) is 0 Å². The molecule has 1 amide bonds. The zero-order chi connectivity index (χ0) is 17.1. The predicted octanol–water partition coefficient (Wildman–Crippen LogP) is 2.76. The van der Waals surface area contributed by atoms with Crippen molar-refractivity contribution in [1.82, 2.24) is 9.88 Å². The van der Waals surface area contributed by atoms with Gasteiger partial charge in [0, 0.05) is 30.8 Å². The highest BCUT2D eigenvalue weighted by molar-refractivity contribution is 6.30. The van der Waals surface area contributed by atoms with Crippen LogP contribution in [0, 0.1) is 5.92 Å². The molecule has 2 aromatic rings. The Morgan fingerprint density at radius 1 is 1.17 bits per heavy atom. The van der Waals surface area contributed by atoms with Crippen LogP contribution in [0.4, 0.5) is 0 Å². The van der Waals surface area contributed by atoms with Crippen LogP contribution in [-0.2, 0) is 0 Å². The zero-order valence-corrected chi connectivity index (χ0v) is 13.8. The molecule has 1 aliphatic heterocycles. The normalized spacial score (nSPS) is 17.5. The summed E-state index contributed by atoms with van der Waals surface area (Å²) in [5.41, 5.74) is 0.570. The number of nitrogens with zero attached hydrogens (tertiary/aromatic N) is 1. The SMILES string of the molecule is O=C(c1ccccc1)[C@H]1CCCN(C(=O)c2c[nH]c(=O)c(Cl)c2)C1. The summed E-state index contributed by atoms with van der Waals surface area (Å²) in [7, 11) is 0. The average molecular weight is 345 g/mol. The van der Waals surface area contributed by atoms with Crippen LogP contribution in [0.2, 0.25) is 5.02 Å². The van der Waals surface area contributed by atoms with Crippen molar-refractivity contribution < 1.29 is 9.59 Å². The molecule has 1 N–H and O–H groups in total. The molecular weight excluding hydrogens is 328 g/mol. The summed E-state index contributed by atoms with van der Waals surface area (Å²) in [4.78, 5) is 40.6. The van der Waals surface area contributed by atoms with Gasteiger partial charge in [-0.25, -0.2) is 0 Å². The van der Waals surface area contributed by atoms with Gasteiger partial charge < -0.3 is 9.88 Å². The fraction of sp³-hybridized carbons (Fsp3) is 0.278. The highest BCUT2D eigenvalue weighted by Crippen LogP contribution is 2.22. The second kappa shape index (κ2) is 7.01. The summed E-state index contributed by atoms with van der Waals surface area (Å²) in [6.45, 7) is 0.970. The number of aromatic nitrogens is 1. The molecule has 0 unspecified atom stereocenters. The maximum atomic E-state index is 12.6. The van der Waals surface area contributed by atoms with E-state index in [2.05, 4.69) is 4.98 Å². The van der Waals surface area contributed by atoms with E-state index in [1.54, 1.807) is 17.0 Å². The van der Waals surface area contributed by atoms with Gasteiger partial charge in [0.1, 0.15) is 5.02 Å². The minimum Gasteiger partial charge on any atom is -0.338 e. The molecule has 0 radical (unpaired) electrons. The molecule has 0 spiro atoms. The topological polar surface area (TPSA) is 70.2 Å². The number of hydrogen-bond donors (Lipinski definition) is 1. The van der Waals surface area contributed by atoms with E-state index in [0.29, 0.717) is 24.2 Å². The Kier molecular flexibility index (Phi) is 4.81. The number of ketones is 1. The summed E-state index contributed by atoms with van der Waals surface area (Å²) in [6, 6.07) is 10.5. The van der Waals surface area contributed by atoms with E-state index in [9.17, 15) is 14.4 Å². The minimum absolute atomic E-state index is 0.0187. The van der Waals surface area contributed by atoms with E-state index in [1.807, 2.05) is 18.2 Å². The van der Waals surface area contributed by atoms with Gasteiger partial charge in [0.2, 0.25) is 0 Å². The summed E-state index contributed by atoms with van der Waals surface area (Å²) in [5, 5.41) is -0.0187. The molecular formula is C18H17ClN2O3. The fourth-order valence-electron chi connectivity index (χ4n) is 2.98. The van der Waals surface area contributed by atoms with Crippen LogP contribution in [0.5, 0.6) is 0 Å². The van der Waals surface area contributed by atoms with Gasteiger partial charge in [-0.05, 0) is 18.9 Å². The lowest BCUT2D eigenvalue weighted by molar-refractivity contribution is 0.0636. The number of piperidine rings is 1. The standard InChI is InChI=1S/C18H17ClN2O3/c19-15-9-14(10-20-17(15)23)18(24)21-8-4-7-13(11-21)16(22)12-5-2-1-3-6-12/h1-3,5-6,9-10,13H,4,7-8,11H2,(H,20,23)/t13-/m0/s1. The first-order chi connectivity index (χ1) is 11.6. The second-order valence-corrected chi connectivity index (χ2v) is 6.29. The molecule has 1 aromatic heterocycles. The van der Waals surface area contributed by atoms with E-state index in [1.165, 1.54) is 12.3 Å². The number of nitrogens with one attached hydrogen (secondary N) is 1. The Labute approximate surface area is 144 Å². The van der Waals surface area contributed by atoms with Crippen LogP contribution < -0.4 is 5.56 Å². The second-order valence-electron chi connectivity index (χ2n) is 5.89. The first-order valence-electron chi connectivity index (χ1n) is 7.83. The number of carbonyl (C=O) groups excluding carboxylic acids is 2. The van der Waals surface area contributed by atoms with E-state index in [0.717, 1.165) is 12.8 Å². The molecule has 1 saturated heterocycles. The summed E-state index contributed by atoms with van der Waals surface area (Å²) >= 11 is 5.79. The number of halogens is 1. The number of H-pyrrole nitrogens is 1. The van der Waals surface area contributed by atoms with Crippen LogP contribution in [0.25, 0.3) is 0 Å². The van der Waals surface area contributed by atoms with Crippen molar-refractivity contribution in [2.45, 2.75) is 12.8 Å². The third kappa shape index (κ3) is 3.41. The van der Waals surface area contributed by atoms with Crippen molar-refractivity contribution in [2.75, 3.05) is 13.1 Å². The van der Waals surface area contributed by atoms with Gasteiger partial charge in [-0.1, -0.05) is 41.9 Å². The number of likely N-dealkylation sites (tertiary alicyclic amines) is 1. The van der Waals surface area contributed by atoms with Crippen molar-refractivity contribution in [1.29, 1.82) is 0 Å². The maximum Gasteiger partial charge on any atom is 0.266 e. The third-order valence-corrected chi connectivity index (χ3v) is 4.52. The molecule has 5 nitrogen and oxygen atoms in total. The van der Waals surface area contributed by atoms with Gasteiger partial charge in [-0.2, -0.15) is 0 Å². The minimum atomic E-state index is -0.427. The Morgan fingerprint density at radius 2 is 1.92 bits per heavy atom. The highest BCUT2D eigenvalue weighted by Gasteiger charge is 2.29. The fourth-order valence-corrected chi connectivity index (χ4v) is 3.15. The van der Waals surface area contributed by atoms with Crippen molar-refractivity contribution in [3.05, 3.63) is 69.1 Å². The Hall–Kier alpha value is -2.40. The lowest BCUT2D eigenvalue weighted by atomic mass is 9.90. The molecule has 1 fully saturated rings. The van der Waals surface area contributed by atoms with Crippen LogP contribution in [0.3, 0.4) is 0 Å². The van der Waals surface area contributed by atoms with Crippen molar-refractivity contribution in [3.63, 3.8) is 0 Å². The van der Waals surface area contributed by atoms with Gasteiger partial charge in [0.15, 0.2) is 5.78 Å². The molecule has 1 aliphatic rings. The van der Waals surface area contributed by atoms with Crippen molar-refractivity contribution in [2.24, 2.45) is 5.92 Å². The van der Waals surface area contributed by atoms with Crippen LogP contribution in [-0.4, -0.2) is 34.7 Å². The predicted molar refractivity (Wildman–Crippen MR) is 91.5 cm³/mol. The molecule has 0 aliphatic carbocycles. The Bertz CT molecular complexity index is 817. The Balaban J connectivity index is 1.75. The maximum absolute atomic E-state index is 12.6. The summed E-state index contributed by atoms with van der Waals surface area (Å²) < 4.78 is 0. The molecule has 0 bridgehead atoms. The number of aromatic amines is 1. The molecule has 2 heterocycles. The number of pyridine rings is 1. The van der Waals surface area contributed by atoms with Gasteiger partial charge in [0.25, 0.3) is 11.5 Å². The first kappa shape index (κ1) is 16.5. The van der Waals surface area contributed by atoms with Crippen LogP contribution in [0.1, 0.15) is 33.6 Å². The quantitative estimate of drug-likeness (QED) is 0.870. The third-order valence-electron chi connectivity index (χ3n) is 4.24. The summed E-state index contributed by atoms with van der Waals surface area (Å²) in [5.74, 6) is -0.366. The van der Waals surface area contributed by atoms with Gasteiger partial charge in [-0.15, -0.1) is 0 Å². The van der Waals surface area contributed by atoms with Gasteiger partial charge in [0.05, 0.1) is 5.56 Å². The van der Waals surface area contributed by atoms with Gasteiger partial charge >= 0.3 is 0 Å². The lowest BCUT2D eigenvalue weighted by Gasteiger charge is -2.32. The van der Waals surface area contributed by atoms with Crippen LogP contribution >= 0.6 is 11.6 Å². The monoisotopic (exact) mass is 344 g/mol. The number of Topliss-reactive ketones (excluding diaryl/α,β-unsaturated/α-hetero) is 1. The molecule has 0 saturated carbocycles. The lowest BCUT2D eigenvalue weighted by Crippen LogP contribution is -2.42. The molecule has 1 aromatic carbocycles. The molecule has 1 atom stereocenters. The molecule has 24 heavy (non-hydrogen) atoms. The average Bonchev–Trinajstić information content (AvgIpc) is 2.63. The Morgan fingerprint density at radius 3 is 2.62 bits per heavy atom. The number of benzene rings is 1. The number of amides is 1. The van der Waals surface area contributed by atoms with Crippen LogP contribution in [0.15, 0.2) is 47.4 Å². The van der Waals surface area contributed by atoms with Gasteiger partial charge in [-0.3, -0.25) is 14.4 Å². The van der Waals surface area contributed by atoms with E-state index < -0.39 is 5.56 Å². The van der Waals surface area contributed by atoms with E-state index in [-0.39, 0.29) is 22.6 Å². The zero-order valence-electron chi connectivity index (χ0n) is 13.0. The smallest absolute Gasteiger partial charge is 0.266 e. The first-order valence-corrected chi connectivity index (χ1v) is 8.21. The number of hydrogen-bond acceptors (Lipinski definition) is 3. The van der Waals surface area contributed by atoms with E-state index in [4.69, 9.17) is 11.6 Å². The largest absolute Gasteiger partial charge is 0.338 e. The summed E-state index contributed by atoms with van der Waals surface area (Å²) in [6.07, 6.45) is 2.90. The molecule has 6 heteroatoms. The highest BCUT2D eigenvalue weighted by atomic mass is 35.5. The van der Waals surface area contributed by atoms with Crippen molar-refractivity contribution >= 4 is 23.3 Å². The number of rotatable bonds is 3. The molecule has 3 rings (SSSR count).